The molecule has 0 bridgehead atoms. The first-order valence-corrected chi connectivity index (χ1v) is 7.36. The summed E-state index contributed by atoms with van der Waals surface area (Å²) in [6.07, 6.45) is 0. The lowest BCUT2D eigenvalue weighted by Gasteiger charge is -2.08. The molecule has 0 heterocycles. The first kappa shape index (κ1) is 16.7. The van der Waals surface area contributed by atoms with Crippen molar-refractivity contribution in [3.8, 4) is 0 Å². The second-order valence-corrected chi connectivity index (χ2v) is 5.32. The van der Waals surface area contributed by atoms with E-state index in [0.29, 0.717) is 12.1 Å². The van der Waals surface area contributed by atoms with Crippen molar-refractivity contribution in [1.29, 1.82) is 0 Å². The molecule has 2 rings (SSSR count). The molecule has 5 heteroatoms. The van der Waals surface area contributed by atoms with E-state index < -0.39 is 5.82 Å². The number of carbonyl (C=O) groups is 2. The Morgan fingerprint density at radius 1 is 0.870 bits per heavy atom. The molecule has 0 aliphatic heterocycles. The van der Waals surface area contributed by atoms with Gasteiger partial charge < -0.3 is 10.6 Å². The molecule has 2 amide bonds. The number of rotatable bonds is 5. The van der Waals surface area contributed by atoms with Crippen molar-refractivity contribution in [2.75, 3.05) is 13.1 Å². The molecule has 0 spiro atoms. The second-order valence-electron chi connectivity index (χ2n) is 5.32. The Morgan fingerprint density at radius 3 is 2.04 bits per heavy atom. The van der Waals surface area contributed by atoms with Crippen LogP contribution in [0.5, 0.6) is 0 Å². The van der Waals surface area contributed by atoms with Gasteiger partial charge in [0.2, 0.25) is 0 Å². The van der Waals surface area contributed by atoms with Gasteiger partial charge in [0.05, 0.1) is 0 Å². The minimum atomic E-state index is -0.458. The van der Waals surface area contributed by atoms with Crippen LogP contribution in [0.4, 0.5) is 4.39 Å². The third kappa shape index (κ3) is 4.64. The fourth-order valence-corrected chi connectivity index (χ4v) is 2.07. The van der Waals surface area contributed by atoms with E-state index in [1.54, 1.807) is 6.07 Å². The molecule has 4 nitrogen and oxygen atoms in total. The SMILES string of the molecule is Cc1ccc(C(=O)NCCNC(=O)c2cccc(F)c2)cc1C. The standard InChI is InChI=1S/C18H19FN2O2/c1-12-6-7-15(10-13(12)2)18(23)21-9-8-20-17(22)14-4-3-5-16(19)11-14/h3-7,10-11H,8-9H2,1-2H3,(H,20,22)(H,21,23). The summed E-state index contributed by atoms with van der Waals surface area (Å²) >= 11 is 0. The van der Waals surface area contributed by atoms with Gasteiger partial charge in [0.1, 0.15) is 5.82 Å². The van der Waals surface area contributed by atoms with Gasteiger partial charge in [-0.25, -0.2) is 4.39 Å². The van der Waals surface area contributed by atoms with E-state index in [-0.39, 0.29) is 23.9 Å². The molecule has 0 aliphatic carbocycles. The average Bonchev–Trinajstić information content (AvgIpc) is 2.53. The molecule has 2 N–H and O–H groups in total. The van der Waals surface area contributed by atoms with Crippen molar-refractivity contribution in [3.05, 3.63) is 70.5 Å². The molecule has 23 heavy (non-hydrogen) atoms. The van der Waals surface area contributed by atoms with Gasteiger partial charge in [-0.05, 0) is 55.3 Å². The Labute approximate surface area is 134 Å². The molecule has 0 aromatic heterocycles. The summed E-state index contributed by atoms with van der Waals surface area (Å²) in [6, 6.07) is 11.0. The zero-order valence-corrected chi connectivity index (χ0v) is 13.2. The fraction of sp³-hybridized carbons (Fsp3) is 0.222. The number of hydrogen-bond acceptors (Lipinski definition) is 2. The van der Waals surface area contributed by atoms with Crippen LogP contribution in [0, 0.1) is 19.7 Å². The van der Waals surface area contributed by atoms with Crippen LogP contribution in [0.2, 0.25) is 0 Å². The van der Waals surface area contributed by atoms with E-state index in [2.05, 4.69) is 10.6 Å². The summed E-state index contributed by atoms with van der Waals surface area (Å²) in [5.74, 6) is -1.02. The van der Waals surface area contributed by atoms with E-state index in [0.717, 1.165) is 11.1 Å². The number of hydrogen-bond donors (Lipinski definition) is 2. The second kappa shape index (κ2) is 7.54. The number of aryl methyl sites for hydroxylation is 2. The van der Waals surface area contributed by atoms with Crippen molar-refractivity contribution < 1.29 is 14.0 Å². The van der Waals surface area contributed by atoms with E-state index in [1.807, 2.05) is 26.0 Å². The van der Waals surface area contributed by atoms with E-state index in [4.69, 9.17) is 0 Å². The van der Waals surface area contributed by atoms with Crippen molar-refractivity contribution in [2.45, 2.75) is 13.8 Å². The average molecular weight is 314 g/mol. The molecule has 0 unspecified atom stereocenters. The number of carbonyl (C=O) groups excluding carboxylic acids is 2. The summed E-state index contributed by atoms with van der Waals surface area (Å²) < 4.78 is 13.0. The maximum Gasteiger partial charge on any atom is 0.251 e. The van der Waals surface area contributed by atoms with Gasteiger partial charge in [-0.2, -0.15) is 0 Å². The Kier molecular flexibility index (Phi) is 5.46. The van der Waals surface area contributed by atoms with Crippen LogP contribution < -0.4 is 10.6 Å². The third-order valence-electron chi connectivity index (χ3n) is 3.55. The minimum absolute atomic E-state index is 0.187. The molecule has 0 fully saturated rings. The summed E-state index contributed by atoms with van der Waals surface area (Å²) in [5, 5.41) is 5.37. The van der Waals surface area contributed by atoms with Gasteiger partial charge in [-0.3, -0.25) is 9.59 Å². The molecule has 0 aliphatic rings. The first-order valence-electron chi connectivity index (χ1n) is 7.36. The van der Waals surface area contributed by atoms with Crippen LogP contribution in [0.1, 0.15) is 31.8 Å². The van der Waals surface area contributed by atoms with Crippen LogP contribution in [0.15, 0.2) is 42.5 Å². The summed E-state index contributed by atoms with van der Waals surface area (Å²) in [7, 11) is 0. The predicted molar refractivity (Wildman–Crippen MR) is 87.0 cm³/mol. The summed E-state index contributed by atoms with van der Waals surface area (Å²) in [4.78, 5) is 23.8. The molecular weight excluding hydrogens is 295 g/mol. The third-order valence-corrected chi connectivity index (χ3v) is 3.55. The van der Waals surface area contributed by atoms with Gasteiger partial charge in [0.25, 0.3) is 11.8 Å². The topological polar surface area (TPSA) is 58.2 Å². The first-order chi connectivity index (χ1) is 11.0. The largest absolute Gasteiger partial charge is 0.350 e. The number of benzene rings is 2. The van der Waals surface area contributed by atoms with Crippen LogP contribution in [-0.4, -0.2) is 24.9 Å². The monoisotopic (exact) mass is 314 g/mol. The maximum absolute atomic E-state index is 13.0. The Bertz CT molecular complexity index is 729. The molecule has 2 aromatic carbocycles. The van der Waals surface area contributed by atoms with Crippen LogP contribution >= 0.6 is 0 Å². The zero-order valence-electron chi connectivity index (χ0n) is 13.2. The molecule has 2 aromatic rings. The van der Waals surface area contributed by atoms with Gasteiger partial charge >= 0.3 is 0 Å². The Morgan fingerprint density at radius 2 is 1.48 bits per heavy atom. The van der Waals surface area contributed by atoms with Crippen molar-refractivity contribution in [3.63, 3.8) is 0 Å². The normalized spacial score (nSPS) is 10.2. The van der Waals surface area contributed by atoms with Crippen molar-refractivity contribution >= 4 is 11.8 Å². The van der Waals surface area contributed by atoms with Crippen LogP contribution in [0.3, 0.4) is 0 Å². The molecule has 0 radical (unpaired) electrons. The highest BCUT2D eigenvalue weighted by Gasteiger charge is 2.08. The highest BCUT2D eigenvalue weighted by molar-refractivity contribution is 5.95. The zero-order chi connectivity index (χ0) is 16.8. The van der Waals surface area contributed by atoms with E-state index in [9.17, 15) is 14.0 Å². The predicted octanol–water partition coefficient (Wildman–Crippen LogP) is 2.60. The lowest BCUT2D eigenvalue weighted by Crippen LogP contribution is -2.34. The number of halogens is 1. The van der Waals surface area contributed by atoms with Gasteiger partial charge in [-0.15, -0.1) is 0 Å². The lowest BCUT2D eigenvalue weighted by atomic mass is 10.1. The fourth-order valence-electron chi connectivity index (χ4n) is 2.07. The number of amides is 2. The van der Waals surface area contributed by atoms with Gasteiger partial charge in [0.15, 0.2) is 0 Å². The van der Waals surface area contributed by atoms with E-state index in [1.165, 1.54) is 24.3 Å². The quantitative estimate of drug-likeness (QED) is 0.834. The highest BCUT2D eigenvalue weighted by atomic mass is 19.1. The molecular formula is C18H19FN2O2. The lowest BCUT2D eigenvalue weighted by molar-refractivity contribution is 0.0927. The highest BCUT2D eigenvalue weighted by Crippen LogP contribution is 2.09. The van der Waals surface area contributed by atoms with Crippen LogP contribution in [0.25, 0.3) is 0 Å². The van der Waals surface area contributed by atoms with E-state index >= 15 is 0 Å². The summed E-state index contributed by atoms with van der Waals surface area (Å²) in [5.41, 5.74) is 3.02. The maximum atomic E-state index is 13.0. The molecule has 120 valence electrons. The molecule has 0 saturated carbocycles. The van der Waals surface area contributed by atoms with Crippen LogP contribution in [-0.2, 0) is 0 Å². The number of nitrogens with one attached hydrogen (secondary N) is 2. The molecule has 0 saturated heterocycles. The Balaban J connectivity index is 1.79. The molecule has 0 atom stereocenters. The minimum Gasteiger partial charge on any atom is -0.350 e. The van der Waals surface area contributed by atoms with Gasteiger partial charge in [-0.1, -0.05) is 12.1 Å². The van der Waals surface area contributed by atoms with Gasteiger partial charge in [0, 0.05) is 24.2 Å². The summed E-state index contributed by atoms with van der Waals surface area (Å²) in [6.45, 7) is 4.50. The van der Waals surface area contributed by atoms with Crippen molar-refractivity contribution in [2.24, 2.45) is 0 Å². The smallest absolute Gasteiger partial charge is 0.251 e. The van der Waals surface area contributed by atoms with Crippen molar-refractivity contribution in [1.82, 2.24) is 10.6 Å². The Hall–Kier alpha value is -2.69.